The normalized spacial score (nSPS) is 13.7. The molecular weight excluding hydrogens is 455 g/mol. The highest BCUT2D eigenvalue weighted by Gasteiger charge is 2.39. The van der Waals surface area contributed by atoms with E-state index in [0.29, 0.717) is 5.06 Å². The molecule has 0 bridgehead atoms. The lowest BCUT2D eigenvalue weighted by molar-refractivity contribution is -0.0584. The fourth-order valence-corrected chi connectivity index (χ4v) is 4.69. The summed E-state index contributed by atoms with van der Waals surface area (Å²) in [6, 6.07) is 7.98. The molecule has 0 radical (unpaired) electrons. The van der Waals surface area contributed by atoms with Crippen molar-refractivity contribution in [2.75, 3.05) is 6.54 Å². The molecule has 2 amide bonds. The van der Waals surface area contributed by atoms with E-state index in [1.807, 2.05) is 13.8 Å². The molecule has 30 heavy (non-hydrogen) atoms. The molecule has 2 aromatic rings. The van der Waals surface area contributed by atoms with E-state index in [1.165, 1.54) is 12.1 Å². The zero-order valence-corrected chi connectivity index (χ0v) is 18.1. The van der Waals surface area contributed by atoms with Crippen molar-refractivity contribution in [1.29, 1.82) is 0 Å². The maximum atomic E-state index is 12.6. The molecule has 3 rings (SSSR count). The summed E-state index contributed by atoms with van der Waals surface area (Å²) in [5, 5.41) is -0.0960. The van der Waals surface area contributed by atoms with Crippen LogP contribution in [-0.2, 0) is 14.9 Å². The predicted molar refractivity (Wildman–Crippen MR) is 109 cm³/mol. The van der Waals surface area contributed by atoms with Crippen LogP contribution in [0.25, 0.3) is 0 Å². The van der Waals surface area contributed by atoms with Crippen molar-refractivity contribution >= 4 is 51.0 Å². The molecule has 0 fully saturated rings. The first-order chi connectivity index (χ1) is 14.0. The van der Waals surface area contributed by atoms with Crippen LogP contribution in [0.2, 0.25) is 10.0 Å². The first-order valence-electron chi connectivity index (χ1n) is 8.71. The minimum absolute atomic E-state index is 0.0316. The van der Waals surface area contributed by atoms with Crippen molar-refractivity contribution in [2.24, 2.45) is 5.92 Å². The van der Waals surface area contributed by atoms with E-state index in [1.54, 1.807) is 12.1 Å². The third-order valence-electron chi connectivity index (χ3n) is 4.14. The monoisotopic (exact) mass is 470 g/mol. The van der Waals surface area contributed by atoms with Crippen LogP contribution in [0, 0.1) is 5.92 Å². The second kappa shape index (κ2) is 8.35. The fourth-order valence-electron chi connectivity index (χ4n) is 2.63. The number of hydroxylamine groups is 2. The smallest absolute Gasteiger partial charge is 0.324 e. The topological polar surface area (TPSA) is 110 Å². The van der Waals surface area contributed by atoms with Gasteiger partial charge in [-0.15, -0.1) is 0 Å². The fraction of sp³-hybridized carbons (Fsp3) is 0.211. The van der Waals surface area contributed by atoms with Crippen molar-refractivity contribution < 1.29 is 27.6 Å². The largest absolute Gasteiger partial charge is 0.365 e. The molecule has 0 saturated heterocycles. The number of imide groups is 1. The number of rotatable bonds is 6. The first kappa shape index (κ1) is 22.2. The Morgan fingerprint density at radius 1 is 1.07 bits per heavy atom. The Hall–Kier alpha value is -2.46. The number of hydrogen-bond donors (Lipinski definition) is 1. The van der Waals surface area contributed by atoms with Crippen LogP contribution in [-0.4, -0.2) is 37.8 Å². The molecule has 1 aliphatic heterocycles. The molecule has 0 saturated carbocycles. The Kier molecular flexibility index (Phi) is 6.19. The van der Waals surface area contributed by atoms with Crippen LogP contribution < -0.4 is 4.72 Å². The summed E-state index contributed by atoms with van der Waals surface area (Å²) in [6.45, 7) is 3.78. The number of nitrogens with zero attached hydrogens (tertiary/aromatic N) is 1. The van der Waals surface area contributed by atoms with Crippen LogP contribution in [0.3, 0.4) is 0 Å². The van der Waals surface area contributed by atoms with Gasteiger partial charge >= 0.3 is 5.97 Å². The molecule has 0 unspecified atom stereocenters. The minimum Gasteiger partial charge on any atom is -0.324 e. The van der Waals surface area contributed by atoms with Crippen molar-refractivity contribution in [3.05, 3.63) is 63.1 Å². The van der Waals surface area contributed by atoms with Crippen molar-refractivity contribution in [3.63, 3.8) is 0 Å². The minimum atomic E-state index is -4.05. The van der Waals surface area contributed by atoms with Gasteiger partial charge in [0, 0.05) is 6.54 Å². The number of benzene rings is 2. The van der Waals surface area contributed by atoms with Crippen LogP contribution in [0.5, 0.6) is 0 Å². The lowest BCUT2D eigenvalue weighted by Gasteiger charge is -2.15. The SMILES string of the molecule is CC(C)CNS(=O)(=O)c1cc(C(=O)ON2C(=O)c3ccccc3C2=O)c(Cl)cc1Cl. The molecule has 158 valence electrons. The third kappa shape index (κ3) is 4.20. The summed E-state index contributed by atoms with van der Waals surface area (Å²) >= 11 is 12.0. The summed E-state index contributed by atoms with van der Waals surface area (Å²) < 4.78 is 27.4. The van der Waals surface area contributed by atoms with E-state index in [2.05, 4.69) is 4.72 Å². The third-order valence-corrected chi connectivity index (χ3v) is 6.34. The maximum Gasteiger partial charge on any atom is 0.365 e. The van der Waals surface area contributed by atoms with Gasteiger partial charge in [-0.3, -0.25) is 9.59 Å². The van der Waals surface area contributed by atoms with Gasteiger partial charge in [-0.25, -0.2) is 17.9 Å². The predicted octanol–water partition coefficient (Wildman–Crippen LogP) is 3.30. The van der Waals surface area contributed by atoms with Gasteiger partial charge in [0.15, 0.2) is 0 Å². The Labute approximate surface area is 182 Å². The lowest BCUT2D eigenvalue weighted by Crippen LogP contribution is -2.33. The Balaban J connectivity index is 1.90. The summed E-state index contributed by atoms with van der Waals surface area (Å²) in [4.78, 5) is 41.9. The Bertz CT molecular complexity index is 1130. The van der Waals surface area contributed by atoms with Crippen LogP contribution in [0.1, 0.15) is 44.9 Å². The number of nitrogens with one attached hydrogen (secondary N) is 1. The van der Waals surface area contributed by atoms with Crippen molar-refractivity contribution in [1.82, 2.24) is 9.79 Å². The molecule has 2 aromatic carbocycles. The Morgan fingerprint density at radius 2 is 1.63 bits per heavy atom. The average Bonchev–Trinajstić information content (AvgIpc) is 2.91. The van der Waals surface area contributed by atoms with E-state index >= 15 is 0 Å². The summed E-state index contributed by atoms with van der Waals surface area (Å²) in [6.07, 6.45) is 0. The van der Waals surface area contributed by atoms with E-state index in [0.717, 1.165) is 12.1 Å². The molecule has 1 N–H and O–H groups in total. The van der Waals surface area contributed by atoms with Gasteiger partial charge < -0.3 is 4.84 Å². The van der Waals surface area contributed by atoms with Crippen molar-refractivity contribution in [3.8, 4) is 0 Å². The highest BCUT2D eigenvalue weighted by Crippen LogP contribution is 2.30. The van der Waals surface area contributed by atoms with Gasteiger partial charge in [-0.2, -0.15) is 0 Å². The molecule has 1 heterocycles. The standard InChI is InChI=1S/C19H16Cl2N2O6S/c1-10(2)9-22-30(27,28)16-7-13(14(20)8-15(16)21)19(26)29-23-17(24)11-5-3-4-6-12(11)18(23)25/h3-8,10,22H,9H2,1-2H3. The van der Waals surface area contributed by atoms with Gasteiger partial charge in [-0.1, -0.05) is 54.2 Å². The summed E-state index contributed by atoms with van der Waals surface area (Å²) in [5.74, 6) is -2.79. The molecule has 0 spiro atoms. The molecule has 0 atom stereocenters. The number of fused-ring (bicyclic) bond motifs is 1. The van der Waals surface area contributed by atoms with Gasteiger partial charge in [-0.05, 0) is 30.2 Å². The highest BCUT2D eigenvalue weighted by molar-refractivity contribution is 7.89. The van der Waals surface area contributed by atoms with Crippen LogP contribution in [0.4, 0.5) is 0 Å². The number of sulfonamides is 1. The number of amides is 2. The number of carbonyl (C=O) groups is 3. The Morgan fingerprint density at radius 3 is 2.17 bits per heavy atom. The van der Waals surface area contributed by atoms with Crippen LogP contribution >= 0.6 is 23.2 Å². The van der Waals surface area contributed by atoms with Gasteiger partial charge in [0.05, 0.1) is 26.7 Å². The second-order valence-corrected chi connectivity index (χ2v) is 9.39. The summed E-state index contributed by atoms with van der Waals surface area (Å²) in [7, 11) is -4.05. The van der Waals surface area contributed by atoms with E-state index < -0.39 is 27.8 Å². The second-order valence-electron chi connectivity index (χ2n) is 6.84. The zero-order chi connectivity index (χ0) is 22.2. The van der Waals surface area contributed by atoms with Crippen molar-refractivity contribution in [2.45, 2.75) is 18.7 Å². The number of halogens is 2. The van der Waals surface area contributed by atoms with Gasteiger partial charge in [0.1, 0.15) is 4.90 Å². The quantitative estimate of drug-likeness (QED) is 0.648. The number of hydrogen-bond acceptors (Lipinski definition) is 6. The first-order valence-corrected chi connectivity index (χ1v) is 11.0. The molecular formula is C19H16Cl2N2O6S. The average molecular weight is 471 g/mol. The maximum absolute atomic E-state index is 12.6. The van der Waals surface area contributed by atoms with Gasteiger partial charge in [0.2, 0.25) is 10.0 Å². The van der Waals surface area contributed by atoms with E-state index in [9.17, 15) is 22.8 Å². The number of carbonyl (C=O) groups excluding carboxylic acids is 3. The van der Waals surface area contributed by atoms with E-state index in [4.69, 9.17) is 28.0 Å². The molecule has 8 nitrogen and oxygen atoms in total. The molecule has 0 aromatic heterocycles. The van der Waals surface area contributed by atoms with Gasteiger partial charge in [0.25, 0.3) is 11.8 Å². The van der Waals surface area contributed by atoms with E-state index in [-0.39, 0.29) is 44.1 Å². The highest BCUT2D eigenvalue weighted by atomic mass is 35.5. The lowest BCUT2D eigenvalue weighted by atomic mass is 10.1. The summed E-state index contributed by atoms with van der Waals surface area (Å²) in [5.41, 5.74) is -0.208. The molecule has 11 heteroatoms. The zero-order valence-electron chi connectivity index (χ0n) is 15.8. The molecule has 1 aliphatic rings. The van der Waals surface area contributed by atoms with Crippen LogP contribution in [0.15, 0.2) is 41.3 Å². The molecule has 0 aliphatic carbocycles.